The Morgan fingerprint density at radius 1 is 1.34 bits per heavy atom. The van der Waals surface area contributed by atoms with E-state index in [2.05, 4.69) is 32.3 Å². The van der Waals surface area contributed by atoms with Crippen molar-refractivity contribution < 1.29 is 9.18 Å². The predicted molar refractivity (Wildman–Crippen MR) is 110 cm³/mol. The van der Waals surface area contributed by atoms with Crippen molar-refractivity contribution in [3.05, 3.63) is 42.0 Å². The van der Waals surface area contributed by atoms with E-state index < -0.39 is 0 Å². The summed E-state index contributed by atoms with van der Waals surface area (Å²) < 4.78 is 15.2. The highest BCUT2D eigenvalue weighted by molar-refractivity contribution is 6.05. The number of rotatable bonds is 5. The molecule has 3 heterocycles. The Balaban J connectivity index is 1.78. The van der Waals surface area contributed by atoms with Crippen LogP contribution in [0.3, 0.4) is 0 Å². The Morgan fingerprint density at radius 2 is 2.14 bits per heavy atom. The Hall–Kier alpha value is -3.29. The van der Waals surface area contributed by atoms with Crippen molar-refractivity contribution in [3.8, 4) is 11.4 Å². The molecule has 1 amide bonds. The van der Waals surface area contributed by atoms with Crippen LogP contribution in [-0.4, -0.2) is 36.2 Å². The Bertz CT molecular complexity index is 1220. The van der Waals surface area contributed by atoms with Crippen molar-refractivity contribution in [3.63, 3.8) is 0 Å². The van der Waals surface area contributed by atoms with Crippen molar-refractivity contribution in [2.24, 2.45) is 7.05 Å². The van der Waals surface area contributed by atoms with Crippen molar-refractivity contribution in [2.45, 2.75) is 39.2 Å². The summed E-state index contributed by atoms with van der Waals surface area (Å²) in [5.41, 5.74) is 2.90. The number of hydrogen-bond acceptors (Lipinski definition) is 4. The van der Waals surface area contributed by atoms with Crippen molar-refractivity contribution in [2.75, 3.05) is 0 Å². The second-order valence-electron chi connectivity index (χ2n) is 7.88. The lowest BCUT2D eigenvalue weighted by atomic mass is 9.98. The number of aromatic nitrogens is 5. The molecule has 4 rings (SSSR count). The minimum absolute atomic E-state index is 0.200. The number of carbonyl (C=O) groups excluding carboxylic acids is 1. The SMILES string of the molecule is CCCC(C)(C)NC(=O)c1c[nH]c2ncc(-c3nn(C)c4cc(F)ccc34)nc12. The summed E-state index contributed by atoms with van der Waals surface area (Å²) in [6, 6.07) is 4.50. The van der Waals surface area contributed by atoms with Crippen LogP contribution in [0.5, 0.6) is 0 Å². The minimum atomic E-state index is -0.326. The molecule has 0 bridgehead atoms. The fraction of sp³-hybridized carbons (Fsp3) is 0.333. The maximum absolute atomic E-state index is 13.6. The molecule has 0 aliphatic carbocycles. The second kappa shape index (κ2) is 6.95. The first kappa shape index (κ1) is 19.0. The predicted octanol–water partition coefficient (Wildman–Crippen LogP) is 3.96. The smallest absolute Gasteiger partial charge is 0.255 e. The van der Waals surface area contributed by atoms with Crippen LogP contribution in [0.25, 0.3) is 33.5 Å². The normalized spacial score (nSPS) is 12.0. The summed E-state index contributed by atoms with van der Waals surface area (Å²) in [7, 11) is 1.75. The summed E-state index contributed by atoms with van der Waals surface area (Å²) in [5, 5.41) is 8.32. The molecule has 0 unspecified atom stereocenters. The molecule has 0 fully saturated rings. The molecule has 150 valence electrons. The van der Waals surface area contributed by atoms with E-state index in [1.165, 1.54) is 12.1 Å². The Morgan fingerprint density at radius 3 is 2.90 bits per heavy atom. The van der Waals surface area contributed by atoms with Gasteiger partial charge in [0.05, 0.1) is 17.3 Å². The number of benzene rings is 1. The molecule has 0 spiro atoms. The molecule has 0 aliphatic heterocycles. The average molecular weight is 394 g/mol. The molecule has 0 aliphatic rings. The van der Waals surface area contributed by atoms with Gasteiger partial charge in [0.15, 0.2) is 5.65 Å². The van der Waals surface area contributed by atoms with E-state index in [-0.39, 0.29) is 17.3 Å². The first-order valence-electron chi connectivity index (χ1n) is 9.58. The van der Waals surface area contributed by atoms with Gasteiger partial charge in [0.25, 0.3) is 5.91 Å². The van der Waals surface area contributed by atoms with Gasteiger partial charge in [-0.25, -0.2) is 14.4 Å². The molecular weight excluding hydrogens is 371 g/mol. The largest absolute Gasteiger partial charge is 0.347 e. The molecule has 29 heavy (non-hydrogen) atoms. The van der Waals surface area contributed by atoms with Crippen LogP contribution in [0.2, 0.25) is 0 Å². The summed E-state index contributed by atoms with van der Waals surface area (Å²) in [4.78, 5) is 24.9. The fourth-order valence-electron chi connectivity index (χ4n) is 3.66. The first-order valence-corrected chi connectivity index (χ1v) is 9.58. The van der Waals surface area contributed by atoms with Gasteiger partial charge < -0.3 is 10.3 Å². The number of nitrogens with one attached hydrogen (secondary N) is 2. The molecule has 0 saturated carbocycles. The molecule has 7 nitrogen and oxygen atoms in total. The summed E-state index contributed by atoms with van der Waals surface area (Å²) in [6.07, 6.45) is 5.07. The second-order valence-corrected chi connectivity index (χ2v) is 7.88. The zero-order chi connectivity index (χ0) is 20.8. The molecular formula is C21H23FN6O. The highest BCUT2D eigenvalue weighted by Crippen LogP contribution is 2.28. The number of H-pyrrole nitrogens is 1. The zero-order valence-electron chi connectivity index (χ0n) is 16.9. The molecule has 1 aromatic carbocycles. The van der Waals surface area contributed by atoms with Crippen molar-refractivity contribution in [1.29, 1.82) is 0 Å². The fourth-order valence-corrected chi connectivity index (χ4v) is 3.66. The molecule has 2 N–H and O–H groups in total. The van der Waals surface area contributed by atoms with Crippen LogP contribution in [0, 0.1) is 5.82 Å². The van der Waals surface area contributed by atoms with Gasteiger partial charge in [0.1, 0.15) is 22.7 Å². The lowest BCUT2D eigenvalue weighted by Crippen LogP contribution is -2.43. The van der Waals surface area contributed by atoms with E-state index >= 15 is 0 Å². The Labute approximate surface area is 167 Å². The lowest BCUT2D eigenvalue weighted by Gasteiger charge is -2.25. The highest BCUT2D eigenvalue weighted by atomic mass is 19.1. The number of hydrogen-bond donors (Lipinski definition) is 2. The van der Waals surface area contributed by atoms with Gasteiger partial charge in [-0.05, 0) is 38.5 Å². The maximum Gasteiger partial charge on any atom is 0.255 e. The van der Waals surface area contributed by atoms with Crippen LogP contribution in [0.15, 0.2) is 30.6 Å². The molecule has 0 radical (unpaired) electrons. The van der Waals surface area contributed by atoms with Gasteiger partial charge >= 0.3 is 0 Å². The number of halogens is 1. The van der Waals surface area contributed by atoms with Gasteiger partial charge in [-0.15, -0.1) is 0 Å². The van der Waals surface area contributed by atoms with Gasteiger partial charge in [-0.3, -0.25) is 9.48 Å². The number of fused-ring (bicyclic) bond motifs is 2. The third-order valence-electron chi connectivity index (χ3n) is 5.01. The average Bonchev–Trinajstić information content (AvgIpc) is 3.22. The lowest BCUT2D eigenvalue weighted by molar-refractivity contribution is 0.0910. The van der Waals surface area contributed by atoms with E-state index in [1.807, 2.05) is 13.8 Å². The number of carbonyl (C=O) groups is 1. The van der Waals surface area contributed by atoms with Crippen LogP contribution in [0.1, 0.15) is 44.0 Å². The molecule has 3 aromatic heterocycles. The number of aryl methyl sites for hydroxylation is 1. The van der Waals surface area contributed by atoms with E-state index in [0.717, 1.165) is 18.2 Å². The standard InChI is InChI=1S/C21H23FN6O/c1-5-8-21(2,3)26-20(29)14-10-23-19-18(14)25-15(11-24-19)17-13-7-6-12(22)9-16(13)28(4)27-17/h6-7,9-11H,5,8H2,1-4H3,(H,23,24)(H,26,29). The third-order valence-corrected chi connectivity index (χ3v) is 5.01. The van der Waals surface area contributed by atoms with Crippen LogP contribution < -0.4 is 5.32 Å². The monoisotopic (exact) mass is 394 g/mol. The van der Waals surface area contributed by atoms with Crippen LogP contribution >= 0.6 is 0 Å². The molecule has 0 atom stereocenters. The minimum Gasteiger partial charge on any atom is -0.347 e. The summed E-state index contributed by atoms with van der Waals surface area (Å²) >= 11 is 0. The summed E-state index contributed by atoms with van der Waals surface area (Å²) in [6.45, 7) is 6.08. The Kier molecular flexibility index (Phi) is 4.56. The number of aromatic amines is 1. The van der Waals surface area contributed by atoms with Gasteiger partial charge in [-0.1, -0.05) is 13.3 Å². The third kappa shape index (κ3) is 3.46. The molecule has 0 saturated heterocycles. The van der Waals surface area contributed by atoms with Gasteiger partial charge in [0, 0.05) is 24.2 Å². The van der Waals surface area contributed by atoms with E-state index in [1.54, 1.807) is 30.2 Å². The maximum atomic E-state index is 13.6. The zero-order valence-corrected chi connectivity index (χ0v) is 16.9. The number of nitrogens with zero attached hydrogens (tertiary/aromatic N) is 4. The molecule has 8 heteroatoms. The van der Waals surface area contributed by atoms with Crippen molar-refractivity contribution >= 4 is 28.0 Å². The molecule has 4 aromatic rings. The summed E-state index contributed by atoms with van der Waals surface area (Å²) in [5.74, 6) is -0.526. The van der Waals surface area contributed by atoms with E-state index in [4.69, 9.17) is 0 Å². The van der Waals surface area contributed by atoms with Gasteiger partial charge in [-0.2, -0.15) is 5.10 Å². The quantitative estimate of drug-likeness (QED) is 0.536. The number of amides is 1. The topological polar surface area (TPSA) is 88.5 Å². The van der Waals surface area contributed by atoms with Crippen LogP contribution in [0.4, 0.5) is 4.39 Å². The van der Waals surface area contributed by atoms with E-state index in [0.29, 0.717) is 33.6 Å². The van der Waals surface area contributed by atoms with E-state index in [9.17, 15) is 9.18 Å². The van der Waals surface area contributed by atoms with Crippen molar-refractivity contribution in [1.82, 2.24) is 30.0 Å². The highest BCUT2D eigenvalue weighted by Gasteiger charge is 2.23. The van der Waals surface area contributed by atoms with Gasteiger partial charge in [0.2, 0.25) is 0 Å². The van der Waals surface area contributed by atoms with Crippen LogP contribution in [-0.2, 0) is 7.05 Å². The first-order chi connectivity index (χ1) is 13.8.